The monoisotopic (exact) mass is 408 g/mol. The van der Waals surface area contributed by atoms with Gasteiger partial charge in [0.05, 0.1) is 19.2 Å². The number of nitrogens with one attached hydrogen (secondary N) is 1. The van der Waals surface area contributed by atoms with Crippen molar-refractivity contribution in [3.63, 3.8) is 0 Å². The maximum absolute atomic E-state index is 11.9. The van der Waals surface area contributed by atoms with Crippen molar-refractivity contribution >= 4 is 39.7 Å². The number of rotatable bonds is 7. The van der Waals surface area contributed by atoms with E-state index in [1.165, 1.54) is 0 Å². The molecule has 0 aliphatic rings. The fourth-order valence-corrected chi connectivity index (χ4v) is 2.47. The number of nitrogens with zero attached hydrogens (tertiary/aromatic N) is 1. The number of amides is 1. The van der Waals surface area contributed by atoms with Crippen LogP contribution in [-0.2, 0) is 11.2 Å². The molecular formula is C18H18BrClN2O2. The number of hydrogen-bond acceptors (Lipinski definition) is 3. The first kappa shape index (κ1) is 18.5. The molecule has 0 aromatic heterocycles. The van der Waals surface area contributed by atoms with Crippen molar-refractivity contribution in [1.82, 2.24) is 5.43 Å². The smallest absolute Gasteiger partial charge is 0.244 e. The summed E-state index contributed by atoms with van der Waals surface area (Å²) in [4.78, 5) is 11.9. The number of ether oxygens (including phenoxy) is 1. The second-order valence-electron chi connectivity index (χ2n) is 5.13. The summed E-state index contributed by atoms with van der Waals surface area (Å²) in [6.07, 6.45) is 2.74. The number of carbonyl (C=O) groups is 1. The van der Waals surface area contributed by atoms with E-state index in [-0.39, 0.29) is 12.3 Å². The van der Waals surface area contributed by atoms with Gasteiger partial charge in [-0.25, -0.2) is 5.43 Å². The van der Waals surface area contributed by atoms with Crippen molar-refractivity contribution in [2.24, 2.45) is 5.10 Å². The van der Waals surface area contributed by atoms with Crippen LogP contribution in [0.3, 0.4) is 0 Å². The van der Waals surface area contributed by atoms with E-state index in [9.17, 15) is 4.79 Å². The Morgan fingerprint density at radius 1 is 1.29 bits per heavy atom. The topological polar surface area (TPSA) is 50.7 Å². The van der Waals surface area contributed by atoms with E-state index in [2.05, 4.69) is 26.5 Å². The highest BCUT2D eigenvalue weighted by Gasteiger charge is 2.04. The van der Waals surface area contributed by atoms with Crippen LogP contribution in [0.25, 0.3) is 0 Å². The van der Waals surface area contributed by atoms with Crippen molar-refractivity contribution in [2.45, 2.75) is 19.8 Å². The molecule has 1 N–H and O–H groups in total. The van der Waals surface area contributed by atoms with Crippen molar-refractivity contribution in [1.29, 1.82) is 0 Å². The molecule has 0 heterocycles. The molecule has 0 saturated carbocycles. The van der Waals surface area contributed by atoms with E-state index >= 15 is 0 Å². The summed E-state index contributed by atoms with van der Waals surface area (Å²) in [5.41, 5.74) is 4.20. The fraction of sp³-hybridized carbons (Fsp3) is 0.222. The summed E-state index contributed by atoms with van der Waals surface area (Å²) in [6.45, 7) is 2.68. The zero-order valence-electron chi connectivity index (χ0n) is 13.3. The summed E-state index contributed by atoms with van der Waals surface area (Å²) < 4.78 is 6.59. The Morgan fingerprint density at radius 3 is 2.75 bits per heavy atom. The zero-order valence-corrected chi connectivity index (χ0v) is 15.6. The Bertz CT molecular complexity index is 717. The molecule has 2 aromatic rings. The van der Waals surface area contributed by atoms with Gasteiger partial charge in [0, 0.05) is 15.1 Å². The van der Waals surface area contributed by atoms with Gasteiger partial charge in [0.1, 0.15) is 5.75 Å². The van der Waals surface area contributed by atoms with Gasteiger partial charge in [-0.05, 0) is 42.3 Å². The van der Waals surface area contributed by atoms with Gasteiger partial charge in [0.15, 0.2) is 0 Å². The molecule has 2 rings (SSSR count). The molecule has 1 amide bonds. The van der Waals surface area contributed by atoms with Crippen molar-refractivity contribution in [3.8, 4) is 5.75 Å². The van der Waals surface area contributed by atoms with Gasteiger partial charge in [-0.1, -0.05) is 46.6 Å². The van der Waals surface area contributed by atoms with E-state index in [1.807, 2.05) is 37.3 Å². The van der Waals surface area contributed by atoms with E-state index in [4.69, 9.17) is 16.3 Å². The molecule has 0 fully saturated rings. The molecule has 0 bridgehead atoms. The molecule has 0 spiro atoms. The van der Waals surface area contributed by atoms with E-state index in [1.54, 1.807) is 18.3 Å². The number of hydrazone groups is 1. The van der Waals surface area contributed by atoms with Gasteiger partial charge in [0.2, 0.25) is 5.91 Å². The van der Waals surface area contributed by atoms with Gasteiger partial charge in [-0.3, -0.25) is 4.79 Å². The van der Waals surface area contributed by atoms with E-state index < -0.39 is 0 Å². The Balaban J connectivity index is 1.96. The first-order valence-electron chi connectivity index (χ1n) is 7.57. The van der Waals surface area contributed by atoms with Crippen LogP contribution >= 0.6 is 27.5 Å². The second kappa shape index (κ2) is 9.45. The van der Waals surface area contributed by atoms with Crippen molar-refractivity contribution in [3.05, 3.63) is 63.1 Å². The third-order valence-corrected chi connectivity index (χ3v) is 3.85. The highest BCUT2D eigenvalue weighted by molar-refractivity contribution is 9.10. The normalized spacial score (nSPS) is 10.8. The zero-order chi connectivity index (χ0) is 17.4. The van der Waals surface area contributed by atoms with Gasteiger partial charge in [0.25, 0.3) is 0 Å². The first-order chi connectivity index (χ1) is 11.6. The number of carbonyl (C=O) groups excluding carboxylic acids is 1. The van der Waals surface area contributed by atoms with Gasteiger partial charge >= 0.3 is 0 Å². The van der Waals surface area contributed by atoms with E-state index in [0.717, 1.165) is 27.8 Å². The Hall–Kier alpha value is -1.85. The average molecular weight is 410 g/mol. The summed E-state index contributed by atoms with van der Waals surface area (Å²) >= 11 is 9.24. The van der Waals surface area contributed by atoms with Crippen LogP contribution in [0.15, 0.2) is 52.0 Å². The Morgan fingerprint density at radius 2 is 2.04 bits per heavy atom. The summed E-state index contributed by atoms with van der Waals surface area (Å²) in [6, 6.07) is 12.8. The molecule has 0 saturated heterocycles. The Kier molecular flexibility index (Phi) is 7.28. The molecule has 0 radical (unpaired) electrons. The third kappa shape index (κ3) is 5.98. The number of benzene rings is 2. The summed E-state index contributed by atoms with van der Waals surface area (Å²) in [5.74, 6) is 0.537. The van der Waals surface area contributed by atoms with Crippen LogP contribution < -0.4 is 10.2 Å². The molecule has 2 aromatic carbocycles. The lowest BCUT2D eigenvalue weighted by molar-refractivity contribution is -0.120. The first-order valence-corrected chi connectivity index (χ1v) is 8.74. The predicted molar refractivity (Wildman–Crippen MR) is 101 cm³/mol. The van der Waals surface area contributed by atoms with Crippen LogP contribution in [0.5, 0.6) is 5.75 Å². The minimum Gasteiger partial charge on any atom is -0.493 e. The van der Waals surface area contributed by atoms with E-state index in [0.29, 0.717) is 11.6 Å². The molecule has 24 heavy (non-hydrogen) atoms. The summed E-state index contributed by atoms with van der Waals surface area (Å²) in [5, 5.41) is 4.66. The van der Waals surface area contributed by atoms with Crippen LogP contribution in [0, 0.1) is 0 Å². The number of hydrogen-bond donors (Lipinski definition) is 1. The second-order valence-corrected chi connectivity index (χ2v) is 6.48. The number of halogens is 2. The standard InChI is InChI=1S/C18H18BrClN2O2/c1-2-9-24-17-8-5-15(19)11-14(17)12-21-22-18(23)10-13-3-6-16(20)7-4-13/h3-8,11-12H,2,9-10H2,1H3,(H,22,23)/b21-12-. The molecule has 6 heteroatoms. The maximum Gasteiger partial charge on any atom is 0.244 e. The van der Waals surface area contributed by atoms with Crippen LogP contribution in [0.2, 0.25) is 5.02 Å². The SMILES string of the molecule is CCCOc1ccc(Br)cc1/C=N\NC(=O)Cc1ccc(Cl)cc1. The highest BCUT2D eigenvalue weighted by Crippen LogP contribution is 2.22. The largest absolute Gasteiger partial charge is 0.493 e. The van der Waals surface area contributed by atoms with Gasteiger partial charge < -0.3 is 4.74 Å². The molecule has 126 valence electrons. The highest BCUT2D eigenvalue weighted by atomic mass is 79.9. The minimum atomic E-state index is -0.195. The lowest BCUT2D eigenvalue weighted by atomic mass is 10.1. The average Bonchev–Trinajstić information content (AvgIpc) is 2.56. The molecule has 0 aliphatic carbocycles. The summed E-state index contributed by atoms with van der Waals surface area (Å²) in [7, 11) is 0. The quantitative estimate of drug-likeness (QED) is 0.537. The minimum absolute atomic E-state index is 0.195. The van der Waals surface area contributed by atoms with Crippen LogP contribution in [-0.4, -0.2) is 18.7 Å². The molecule has 0 unspecified atom stereocenters. The van der Waals surface area contributed by atoms with Crippen molar-refractivity contribution in [2.75, 3.05) is 6.61 Å². The maximum atomic E-state index is 11.9. The van der Waals surface area contributed by atoms with Gasteiger partial charge in [-0.15, -0.1) is 0 Å². The lowest BCUT2D eigenvalue weighted by Crippen LogP contribution is -2.19. The van der Waals surface area contributed by atoms with Crippen LogP contribution in [0.1, 0.15) is 24.5 Å². The third-order valence-electron chi connectivity index (χ3n) is 3.10. The van der Waals surface area contributed by atoms with Gasteiger partial charge in [-0.2, -0.15) is 5.10 Å². The molecule has 4 nitrogen and oxygen atoms in total. The lowest BCUT2D eigenvalue weighted by Gasteiger charge is -2.08. The van der Waals surface area contributed by atoms with Crippen molar-refractivity contribution < 1.29 is 9.53 Å². The predicted octanol–water partition coefficient (Wildman–Crippen LogP) is 4.58. The molecule has 0 aliphatic heterocycles. The van der Waals surface area contributed by atoms with Crippen LogP contribution in [0.4, 0.5) is 0 Å². The molecular weight excluding hydrogens is 392 g/mol. The Labute approximate surface area is 155 Å². The fourth-order valence-electron chi connectivity index (χ4n) is 1.96. The molecule has 0 atom stereocenters.